The Morgan fingerprint density at radius 2 is 2.05 bits per heavy atom. The smallest absolute Gasteiger partial charge is 0.354 e. The maximum atomic E-state index is 11.3. The van der Waals surface area contributed by atoms with Crippen LogP contribution in [0.5, 0.6) is 5.75 Å². The monoisotopic (exact) mass is 274 g/mol. The van der Waals surface area contributed by atoms with Gasteiger partial charge in [0, 0.05) is 6.07 Å². The van der Waals surface area contributed by atoms with Gasteiger partial charge in [-0.2, -0.15) is 0 Å². The summed E-state index contributed by atoms with van der Waals surface area (Å²) in [4.78, 5) is 28.3. The molecular weight excluding hydrogens is 260 g/mol. The predicted octanol–water partition coefficient (Wildman–Crippen LogP) is 1.61. The summed E-state index contributed by atoms with van der Waals surface area (Å²) in [5.41, 5.74) is 0.378. The number of hydrogen-bond acceptors (Lipinski definition) is 4. The molecule has 0 radical (unpaired) electrons. The van der Waals surface area contributed by atoms with Crippen molar-refractivity contribution in [2.45, 2.75) is 20.0 Å². The van der Waals surface area contributed by atoms with Crippen LogP contribution in [0.1, 0.15) is 28.8 Å². The highest BCUT2D eigenvalue weighted by atomic mass is 16.5. The molecular formula is C14H14N2O4. The van der Waals surface area contributed by atoms with Crippen LogP contribution in [0.2, 0.25) is 0 Å². The molecule has 0 aliphatic carbocycles. The Morgan fingerprint density at radius 1 is 1.35 bits per heavy atom. The van der Waals surface area contributed by atoms with Crippen LogP contribution in [0, 0.1) is 0 Å². The number of carbonyl (C=O) groups is 1. The fourth-order valence-corrected chi connectivity index (χ4v) is 1.66. The van der Waals surface area contributed by atoms with Crippen molar-refractivity contribution in [3.8, 4) is 5.75 Å². The van der Waals surface area contributed by atoms with Crippen molar-refractivity contribution in [3.05, 3.63) is 57.8 Å². The maximum Gasteiger partial charge on any atom is 0.354 e. The molecule has 2 aromatic rings. The van der Waals surface area contributed by atoms with Crippen molar-refractivity contribution < 1.29 is 14.6 Å². The number of benzene rings is 1. The van der Waals surface area contributed by atoms with Gasteiger partial charge >= 0.3 is 5.97 Å². The van der Waals surface area contributed by atoms with E-state index in [1.807, 2.05) is 24.3 Å². The Hall–Kier alpha value is -2.63. The second kappa shape index (κ2) is 6.01. The van der Waals surface area contributed by atoms with Gasteiger partial charge in [-0.1, -0.05) is 19.1 Å². The third kappa shape index (κ3) is 3.44. The first-order chi connectivity index (χ1) is 9.58. The Labute approximate surface area is 115 Å². The highest BCUT2D eigenvalue weighted by molar-refractivity contribution is 5.85. The molecule has 1 aromatic carbocycles. The van der Waals surface area contributed by atoms with Crippen LogP contribution >= 0.6 is 0 Å². The normalized spacial score (nSPS) is 10.2. The third-order valence-corrected chi connectivity index (χ3v) is 2.72. The van der Waals surface area contributed by atoms with Crippen LogP contribution in [0.25, 0.3) is 0 Å². The number of nitrogens with one attached hydrogen (secondary N) is 1. The minimum atomic E-state index is -1.25. The molecule has 0 atom stereocenters. The van der Waals surface area contributed by atoms with E-state index in [2.05, 4.69) is 16.9 Å². The quantitative estimate of drug-likeness (QED) is 0.864. The molecule has 6 heteroatoms. The molecule has 1 aromatic heterocycles. The molecule has 104 valence electrons. The van der Waals surface area contributed by atoms with Gasteiger partial charge in [0.15, 0.2) is 5.69 Å². The second-order valence-corrected chi connectivity index (χ2v) is 4.17. The van der Waals surface area contributed by atoms with Crippen molar-refractivity contribution in [3.63, 3.8) is 0 Å². The number of ether oxygens (including phenoxy) is 1. The number of carboxylic acids is 1. The molecule has 0 aliphatic rings. The van der Waals surface area contributed by atoms with Crippen LogP contribution in [-0.2, 0) is 13.0 Å². The van der Waals surface area contributed by atoms with E-state index in [4.69, 9.17) is 9.84 Å². The van der Waals surface area contributed by atoms with Crippen LogP contribution in [0.3, 0.4) is 0 Å². The predicted molar refractivity (Wildman–Crippen MR) is 72.0 cm³/mol. The second-order valence-electron chi connectivity index (χ2n) is 4.17. The van der Waals surface area contributed by atoms with E-state index in [0.29, 0.717) is 5.75 Å². The summed E-state index contributed by atoms with van der Waals surface area (Å²) in [5, 5.41) is 8.82. The molecule has 0 saturated carbocycles. The number of aryl methyl sites for hydroxylation is 1. The molecule has 0 amide bonds. The van der Waals surface area contributed by atoms with E-state index in [1.54, 1.807) is 0 Å². The number of H-pyrrole nitrogens is 1. The van der Waals surface area contributed by atoms with Gasteiger partial charge in [-0.15, -0.1) is 0 Å². The van der Waals surface area contributed by atoms with Crippen molar-refractivity contribution in [1.29, 1.82) is 0 Å². The summed E-state index contributed by atoms with van der Waals surface area (Å²) in [5.74, 6) is -0.440. The average molecular weight is 274 g/mol. The van der Waals surface area contributed by atoms with Crippen LogP contribution < -0.4 is 10.3 Å². The van der Waals surface area contributed by atoms with Gasteiger partial charge in [-0.05, 0) is 24.1 Å². The molecule has 0 spiro atoms. The lowest BCUT2D eigenvalue weighted by molar-refractivity contribution is 0.0689. The third-order valence-electron chi connectivity index (χ3n) is 2.72. The molecule has 2 rings (SSSR count). The van der Waals surface area contributed by atoms with E-state index in [-0.39, 0.29) is 18.1 Å². The zero-order valence-electron chi connectivity index (χ0n) is 10.9. The summed E-state index contributed by atoms with van der Waals surface area (Å²) < 4.78 is 5.46. The van der Waals surface area contributed by atoms with Crippen LogP contribution in [0.15, 0.2) is 35.1 Å². The number of aromatic nitrogens is 2. The first-order valence-corrected chi connectivity index (χ1v) is 6.13. The summed E-state index contributed by atoms with van der Waals surface area (Å²) in [6, 6.07) is 8.45. The average Bonchev–Trinajstić information content (AvgIpc) is 2.45. The Bertz CT molecular complexity index is 662. The first kappa shape index (κ1) is 13.8. The van der Waals surface area contributed by atoms with Gasteiger partial charge in [0.05, 0.1) is 0 Å². The number of hydrogen-bond donors (Lipinski definition) is 2. The molecule has 1 heterocycles. The van der Waals surface area contributed by atoms with Crippen molar-refractivity contribution in [2.24, 2.45) is 0 Å². The summed E-state index contributed by atoms with van der Waals surface area (Å²) in [6.07, 6.45) is 0.940. The highest BCUT2D eigenvalue weighted by Crippen LogP contribution is 2.13. The Morgan fingerprint density at radius 3 is 2.65 bits per heavy atom. The first-order valence-electron chi connectivity index (χ1n) is 6.13. The highest BCUT2D eigenvalue weighted by Gasteiger charge is 2.08. The molecule has 0 aliphatic heterocycles. The zero-order chi connectivity index (χ0) is 14.5. The molecule has 0 fully saturated rings. The van der Waals surface area contributed by atoms with Gasteiger partial charge < -0.3 is 14.8 Å². The minimum absolute atomic E-state index is 0.00182. The molecule has 0 saturated heterocycles. The number of nitrogens with zero attached hydrogens (tertiary/aromatic N) is 1. The summed E-state index contributed by atoms with van der Waals surface area (Å²) >= 11 is 0. The number of rotatable bonds is 5. The van der Waals surface area contributed by atoms with Crippen LogP contribution in [-0.4, -0.2) is 21.0 Å². The van der Waals surface area contributed by atoms with E-state index in [9.17, 15) is 9.59 Å². The van der Waals surface area contributed by atoms with Gasteiger partial charge in [0.25, 0.3) is 5.56 Å². The van der Waals surface area contributed by atoms with Gasteiger partial charge in [0.2, 0.25) is 0 Å². The summed E-state index contributed by atoms with van der Waals surface area (Å²) in [7, 11) is 0. The maximum absolute atomic E-state index is 11.3. The van der Waals surface area contributed by atoms with Gasteiger partial charge in [0.1, 0.15) is 18.2 Å². The summed E-state index contributed by atoms with van der Waals surface area (Å²) in [6.45, 7) is 2.06. The van der Waals surface area contributed by atoms with Crippen LogP contribution in [0.4, 0.5) is 0 Å². The molecule has 0 unspecified atom stereocenters. The molecule has 2 N–H and O–H groups in total. The molecule has 20 heavy (non-hydrogen) atoms. The lowest BCUT2D eigenvalue weighted by Crippen LogP contribution is -2.17. The van der Waals surface area contributed by atoms with Crippen molar-refractivity contribution in [1.82, 2.24) is 9.97 Å². The number of aromatic carboxylic acids is 1. The van der Waals surface area contributed by atoms with E-state index >= 15 is 0 Å². The lowest BCUT2D eigenvalue weighted by Gasteiger charge is -2.06. The fourth-order valence-electron chi connectivity index (χ4n) is 1.66. The Balaban J connectivity index is 2.10. The van der Waals surface area contributed by atoms with E-state index < -0.39 is 11.5 Å². The lowest BCUT2D eigenvalue weighted by atomic mass is 10.2. The van der Waals surface area contributed by atoms with Crippen molar-refractivity contribution in [2.75, 3.05) is 0 Å². The van der Waals surface area contributed by atoms with Gasteiger partial charge in [-0.25, -0.2) is 9.78 Å². The SMILES string of the molecule is CCc1ccc(OCc2nc(C(=O)O)cc(=O)[nH]2)cc1. The zero-order valence-corrected chi connectivity index (χ0v) is 10.9. The van der Waals surface area contributed by atoms with Crippen molar-refractivity contribution >= 4 is 5.97 Å². The Kier molecular flexibility index (Phi) is 4.14. The number of aromatic amines is 1. The molecule has 6 nitrogen and oxygen atoms in total. The standard InChI is InChI=1S/C14H14N2O4/c1-2-9-3-5-10(6-4-9)20-8-12-15-11(14(18)19)7-13(17)16-12/h3-7H,2,8H2,1H3,(H,18,19)(H,15,16,17). The largest absolute Gasteiger partial charge is 0.486 e. The van der Waals surface area contributed by atoms with E-state index in [1.165, 1.54) is 5.56 Å². The topological polar surface area (TPSA) is 92.3 Å². The number of carboxylic acid groups (broad SMARTS) is 1. The molecule has 0 bridgehead atoms. The fraction of sp³-hybridized carbons (Fsp3) is 0.214. The minimum Gasteiger partial charge on any atom is -0.486 e. The van der Waals surface area contributed by atoms with E-state index in [0.717, 1.165) is 12.5 Å². The van der Waals surface area contributed by atoms with Gasteiger partial charge in [-0.3, -0.25) is 4.79 Å².